The highest BCUT2D eigenvalue weighted by molar-refractivity contribution is 7.89. The van der Waals surface area contributed by atoms with E-state index in [-0.39, 0.29) is 222 Å². The van der Waals surface area contributed by atoms with Crippen molar-refractivity contribution in [2.24, 2.45) is 0 Å². The molecule has 2 aliphatic rings. The monoisotopic (exact) mass is 1560 g/mol. The molecule has 4 aromatic rings. The van der Waals surface area contributed by atoms with Gasteiger partial charge in [0.25, 0.3) is 0 Å². The lowest BCUT2D eigenvalue weighted by molar-refractivity contribution is -0.127. The predicted octanol–water partition coefficient (Wildman–Crippen LogP) is 8.90. The molecule has 0 saturated heterocycles. The molecule has 24 nitrogen and oxygen atoms in total. The predicted molar refractivity (Wildman–Crippen MR) is 400 cm³/mol. The molecule has 6 rings (SSSR count). The maximum absolute atomic E-state index is 13.8. The number of ether oxygens (including phenoxy) is 7. The SMILES string of the molecule is CCCCCCCCCCC(=O)NC(CCC(=O)NCCOCCO)(CCC(=O)NCCOCCOCCOCCNS(=O)(=O)c1cccc([C@@H]2CN(C)Cc3c(Cl)cc(Cl)cc32)c1)CCC(=O)NCCOCCOCCOCCNS(=O)(=O)c1cccc([C@@H]2CN(C)Cc3c(Cl)cc(Cl)cc32)c1. The van der Waals surface area contributed by atoms with Crippen molar-refractivity contribution in [3.8, 4) is 0 Å². The summed E-state index contributed by atoms with van der Waals surface area (Å²) in [6, 6.07) is 21.0. The Morgan fingerprint density at radius 2 is 0.825 bits per heavy atom. The Morgan fingerprint density at radius 1 is 0.466 bits per heavy atom. The summed E-state index contributed by atoms with van der Waals surface area (Å²) in [6.07, 6.45) is 9.01. The highest BCUT2D eigenvalue weighted by atomic mass is 35.5. The molecule has 0 bridgehead atoms. The molecule has 0 aliphatic carbocycles. The van der Waals surface area contributed by atoms with E-state index in [2.05, 4.69) is 47.4 Å². The van der Waals surface area contributed by atoms with E-state index in [9.17, 15) is 36.0 Å². The molecule has 0 radical (unpaired) electrons. The minimum atomic E-state index is -3.84. The summed E-state index contributed by atoms with van der Waals surface area (Å²) in [7, 11) is -3.69. The van der Waals surface area contributed by atoms with Gasteiger partial charge in [-0.1, -0.05) is 123 Å². The molecule has 30 heteroatoms. The van der Waals surface area contributed by atoms with Crippen molar-refractivity contribution in [1.29, 1.82) is 0 Å². The number of carbonyl (C=O) groups is 4. The normalized spacial score (nSPS) is 15.0. The number of sulfonamides is 2. The van der Waals surface area contributed by atoms with Gasteiger partial charge in [0, 0.05) is 122 Å². The van der Waals surface area contributed by atoms with Gasteiger partial charge in [-0.05, 0) is 122 Å². The van der Waals surface area contributed by atoms with E-state index in [0.717, 1.165) is 65.5 Å². The number of nitrogens with one attached hydrogen (secondary N) is 6. The first-order chi connectivity index (χ1) is 49.6. The molecule has 7 N–H and O–H groups in total. The molecular weight excluding hydrogens is 1450 g/mol. The maximum Gasteiger partial charge on any atom is 0.240 e. The van der Waals surface area contributed by atoms with E-state index in [4.69, 9.17) is 84.7 Å². The number of nitrogens with zero attached hydrogens (tertiary/aromatic N) is 2. The molecule has 576 valence electrons. The smallest absolute Gasteiger partial charge is 0.240 e. The summed E-state index contributed by atoms with van der Waals surface area (Å²) in [5, 5.41) is 23.1. The number of hydrogen-bond donors (Lipinski definition) is 7. The van der Waals surface area contributed by atoms with E-state index in [0.29, 0.717) is 52.7 Å². The van der Waals surface area contributed by atoms with E-state index in [1.165, 1.54) is 12.8 Å². The second-order valence-electron chi connectivity index (χ2n) is 26.0. The van der Waals surface area contributed by atoms with Gasteiger partial charge in [0.15, 0.2) is 0 Å². The number of benzene rings is 4. The molecule has 0 spiro atoms. The van der Waals surface area contributed by atoms with Gasteiger partial charge in [-0.25, -0.2) is 26.3 Å². The van der Waals surface area contributed by atoms with Crippen LogP contribution in [-0.2, 0) is 85.5 Å². The fourth-order valence-corrected chi connectivity index (χ4v) is 15.7. The quantitative estimate of drug-likeness (QED) is 0.0203. The molecule has 0 saturated carbocycles. The second-order valence-corrected chi connectivity index (χ2v) is 31.2. The van der Waals surface area contributed by atoms with Crippen molar-refractivity contribution in [1.82, 2.24) is 40.5 Å². The maximum atomic E-state index is 13.8. The summed E-state index contributed by atoms with van der Waals surface area (Å²) in [5.41, 5.74) is 4.48. The van der Waals surface area contributed by atoms with Crippen molar-refractivity contribution in [2.75, 3.05) is 159 Å². The minimum absolute atomic E-state index is 0.00719. The average molecular weight is 1560 g/mol. The van der Waals surface area contributed by atoms with Crippen LogP contribution in [0.5, 0.6) is 0 Å². The van der Waals surface area contributed by atoms with Crippen molar-refractivity contribution in [3.05, 3.63) is 126 Å². The van der Waals surface area contributed by atoms with E-state index >= 15 is 0 Å². The van der Waals surface area contributed by atoms with Gasteiger partial charge in [-0.2, -0.15) is 0 Å². The fraction of sp³-hybridized carbons (Fsp3) is 0.616. The summed E-state index contributed by atoms with van der Waals surface area (Å²) in [5.74, 6) is -1.37. The van der Waals surface area contributed by atoms with Crippen molar-refractivity contribution in [2.45, 2.75) is 143 Å². The van der Waals surface area contributed by atoms with Gasteiger partial charge in [0.05, 0.1) is 109 Å². The van der Waals surface area contributed by atoms with Crippen LogP contribution in [0.3, 0.4) is 0 Å². The van der Waals surface area contributed by atoms with Crippen LogP contribution in [0.15, 0.2) is 82.6 Å². The lowest BCUT2D eigenvalue weighted by atomic mass is 9.82. The molecular formula is C73H108Cl4N8O16S2. The van der Waals surface area contributed by atoms with Gasteiger partial charge in [0.2, 0.25) is 43.7 Å². The number of aliphatic hydroxyl groups excluding tert-OH is 1. The number of hydrogen-bond acceptors (Lipinski definition) is 18. The molecule has 2 aliphatic heterocycles. The first kappa shape index (κ1) is 87.3. The van der Waals surface area contributed by atoms with Crippen LogP contribution in [0, 0.1) is 0 Å². The third-order valence-electron chi connectivity index (χ3n) is 17.8. The Bertz CT molecular complexity index is 3290. The molecule has 103 heavy (non-hydrogen) atoms. The number of likely N-dealkylation sites (N-methyl/N-ethyl adjacent to an activating group) is 2. The summed E-state index contributed by atoms with van der Waals surface area (Å²) < 4.78 is 97.7. The molecule has 2 atom stereocenters. The molecule has 0 unspecified atom stereocenters. The topological polar surface area (TPSA) is 300 Å². The number of halogens is 4. The Morgan fingerprint density at radius 3 is 1.21 bits per heavy atom. The molecule has 4 aromatic carbocycles. The molecule has 4 amide bonds. The number of amides is 4. The average Bonchev–Trinajstić information content (AvgIpc) is 0.779. The Labute approximate surface area is 629 Å². The van der Waals surface area contributed by atoms with Crippen LogP contribution in [0.2, 0.25) is 20.1 Å². The van der Waals surface area contributed by atoms with Crippen LogP contribution in [0.4, 0.5) is 0 Å². The van der Waals surface area contributed by atoms with E-state index in [1.807, 2.05) is 38.4 Å². The lowest BCUT2D eigenvalue weighted by Crippen LogP contribution is -2.50. The lowest BCUT2D eigenvalue weighted by Gasteiger charge is -2.35. The van der Waals surface area contributed by atoms with E-state index in [1.54, 1.807) is 48.5 Å². The van der Waals surface area contributed by atoms with Gasteiger partial charge >= 0.3 is 0 Å². The first-order valence-corrected chi connectivity index (χ1v) is 40.4. The van der Waals surface area contributed by atoms with Gasteiger partial charge in [-0.15, -0.1) is 0 Å². The number of unbranched alkanes of at least 4 members (excludes halogenated alkanes) is 7. The zero-order valence-electron chi connectivity index (χ0n) is 60.0. The van der Waals surface area contributed by atoms with Gasteiger partial charge in [-0.3, -0.25) is 19.2 Å². The summed E-state index contributed by atoms with van der Waals surface area (Å²) in [6.45, 7) is 8.25. The van der Waals surface area contributed by atoms with Gasteiger partial charge < -0.3 is 69.3 Å². The van der Waals surface area contributed by atoms with Crippen LogP contribution in [0.25, 0.3) is 0 Å². The molecule has 0 fully saturated rings. The highest BCUT2D eigenvalue weighted by Gasteiger charge is 2.35. The summed E-state index contributed by atoms with van der Waals surface area (Å²) >= 11 is 25.9. The number of carbonyl (C=O) groups excluding carboxylic acids is 4. The van der Waals surface area contributed by atoms with E-state index < -0.39 is 25.6 Å². The first-order valence-electron chi connectivity index (χ1n) is 35.9. The summed E-state index contributed by atoms with van der Waals surface area (Å²) in [4.78, 5) is 58.5. The van der Waals surface area contributed by atoms with Crippen LogP contribution < -0.4 is 30.7 Å². The molecule has 0 aromatic heterocycles. The Kier molecular flexibility index (Phi) is 40.6. The number of rotatable bonds is 54. The van der Waals surface area contributed by atoms with Crippen molar-refractivity contribution >= 4 is 90.1 Å². The Balaban J connectivity index is 0.875. The molecule has 2 heterocycles. The fourth-order valence-electron chi connectivity index (χ4n) is 12.4. The highest BCUT2D eigenvalue weighted by Crippen LogP contribution is 2.41. The van der Waals surface area contributed by atoms with Crippen LogP contribution >= 0.6 is 46.4 Å². The zero-order chi connectivity index (χ0) is 74.3. The van der Waals surface area contributed by atoms with Crippen LogP contribution in [-0.4, -0.2) is 220 Å². The zero-order valence-corrected chi connectivity index (χ0v) is 64.6. The second kappa shape index (κ2) is 47.9. The Hall–Kier alpha value is -4.66. The van der Waals surface area contributed by atoms with Gasteiger partial charge in [0.1, 0.15) is 0 Å². The minimum Gasteiger partial charge on any atom is -0.394 e. The van der Waals surface area contributed by atoms with Crippen LogP contribution in [0.1, 0.15) is 148 Å². The number of aliphatic hydroxyl groups is 1. The third kappa shape index (κ3) is 32.4. The standard InChI is InChI=1S/C73H108Cl4N8O16S2/c1-4-5-6-7-8-9-10-11-18-72(90)83-73(22-19-69(87)78-25-31-95-36-30-86,23-20-70(88)79-26-32-96-37-41-100-43-39-98-34-28-81-102(91,92)59-16-12-14-55(45-59)63-51-84(2)53-65-61(63)47-57(74)49-67(65)76)24-21-71(89)80-27-33-97-38-42-101-44-40-99-35-29-82-103(93,94)60-17-13-15-56(46-60)64-52-85(3)54-66-62(64)48-58(75)50-68(66)77/h12-17,45-50,63-64,81-82,86H,4-11,18-44,51-54H2,1-3H3,(H,78,87)(H,79,88)(H,80,89)(H,83,90)/t63-,64-/m0/s1. The largest absolute Gasteiger partial charge is 0.394 e. The third-order valence-corrected chi connectivity index (χ3v) is 21.8. The van der Waals surface area contributed by atoms with Crippen molar-refractivity contribution in [3.63, 3.8) is 0 Å². The number of fused-ring (bicyclic) bond motifs is 2. The van der Waals surface area contributed by atoms with Crippen molar-refractivity contribution < 1.29 is 74.3 Å².